The van der Waals surface area contributed by atoms with Gasteiger partial charge in [-0.15, -0.1) is 0 Å². The van der Waals surface area contributed by atoms with E-state index in [4.69, 9.17) is 11.6 Å². The number of halogens is 1. The SMILES string of the molecule is CCCCNC(=O)C(C)N(Cc1ccc(C)cc1)C(=O)CN(c1ccccc1C)S(=O)(=O)c1ccc(Cl)cc1. The zero-order valence-electron chi connectivity index (χ0n) is 22.9. The van der Waals surface area contributed by atoms with E-state index in [9.17, 15) is 18.0 Å². The Hall–Kier alpha value is -3.36. The van der Waals surface area contributed by atoms with Crippen LogP contribution in [0.4, 0.5) is 5.69 Å². The number of para-hydroxylation sites is 1. The minimum absolute atomic E-state index is 0.0124. The molecule has 1 N–H and O–H groups in total. The summed E-state index contributed by atoms with van der Waals surface area (Å²) < 4.78 is 28.8. The van der Waals surface area contributed by atoms with Gasteiger partial charge in [-0.2, -0.15) is 0 Å². The molecule has 39 heavy (non-hydrogen) atoms. The molecule has 0 aromatic heterocycles. The van der Waals surface area contributed by atoms with Crippen LogP contribution in [0, 0.1) is 13.8 Å². The third-order valence-corrected chi connectivity index (χ3v) is 8.56. The van der Waals surface area contributed by atoms with Gasteiger partial charge in [0.05, 0.1) is 10.6 Å². The maximum Gasteiger partial charge on any atom is 0.264 e. The summed E-state index contributed by atoms with van der Waals surface area (Å²) in [5.74, 6) is -0.776. The van der Waals surface area contributed by atoms with Crippen molar-refractivity contribution in [3.8, 4) is 0 Å². The third kappa shape index (κ3) is 7.83. The molecule has 0 heterocycles. The quantitative estimate of drug-likeness (QED) is 0.292. The van der Waals surface area contributed by atoms with Crippen LogP contribution in [0.2, 0.25) is 5.02 Å². The van der Waals surface area contributed by atoms with Gasteiger partial charge in [-0.25, -0.2) is 8.42 Å². The van der Waals surface area contributed by atoms with Crippen molar-refractivity contribution < 1.29 is 18.0 Å². The lowest BCUT2D eigenvalue weighted by Gasteiger charge is -2.32. The van der Waals surface area contributed by atoms with Crippen LogP contribution >= 0.6 is 11.6 Å². The summed E-state index contributed by atoms with van der Waals surface area (Å²) in [6.07, 6.45) is 1.75. The van der Waals surface area contributed by atoms with E-state index < -0.39 is 28.5 Å². The lowest BCUT2D eigenvalue weighted by atomic mass is 10.1. The predicted octanol–water partition coefficient (Wildman–Crippen LogP) is 5.49. The average Bonchev–Trinajstić information content (AvgIpc) is 2.91. The van der Waals surface area contributed by atoms with Gasteiger partial charge in [0, 0.05) is 18.1 Å². The van der Waals surface area contributed by atoms with Crippen LogP contribution < -0.4 is 9.62 Å². The number of benzene rings is 3. The van der Waals surface area contributed by atoms with Crippen molar-refractivity contribution in [2.75, 3.05) is 17.4 Å². The summed E-state index contributed by atoms with van der Waals surface area (Å²) in [6.45, 7) is 7.64. The van der Waals surface area contributed by atoms with Crippen molar-refractivity contribution >= 4 is 39.1 Å². The van der Waals surface area contributed by atoms with E-state index in [1.165, 1.54) is 29.2 Å². The van der Waals surface area contributed by atoms with Crippen LogP contribution in [0.3, 0.4) is 0 Å². The number of amides is 2. The Balaban J connectivity index is 2.00. The van der Waals surface area contributed by atoms with E-state index in [1.807, 2.05) is 38.1 Å². The molecule has 0 aliphatic heterocycles. The molecule has 3 aromatic rings. The Morgan fingerprint density at radius 3 is 2.21 bits per heavy atom. The molecule has 0 radical (unpaired) electrons. The van der Waals surface area contributed by atoms with Crippen molar-refractivity contribution in [1.82, 2.24) is 10.2 Å². The first-order chi connectivity index (χ1) is 18.5. The minimum atomic E-state index is -4.14. The molecular formula is C30H36ClN3O4S. The number of carbonyl (C=O) groups excluding carboxylic acids is 2. The van der Waals surface area contributed by atoms with Crippen molar-refractivity contribution in [3.63, 3.8) is 0 Å². The molecule has 0 fully saturated rings. The largest absolute Gasteiger partial charge is 0.354 e. The molecule has 0 aliphatic rings. The first kappa shape index (κ1) is 30.2. The number of hydrogen-bond acceptors (Lipinski definition) is 4. The Morgan fingerprint density at radius 2 is 1.59 bits per heavy atom. The highest BCUT2D eigenvalue weighted by Crippen LogP contribution is 2.28. The molecule has 0 spiro atoms. The summed E-state index contributed by atoms with van der Waals surface area (Å²) in [5, 5.41) is 3.29. The molecule has 3 aromatic carbocycles. The van der Waals surface area contributed by atoms with Crippen LogP contribution in [-0.2, 0) is 26.2 Å². The average molecular weight is 570 g/mol. The molecule has 3 rings (SSSR count). The fourth-order valence-electron chi connectivity index (χ4n) is 4.10. The molecule has 0 saturated carbocycles. The summed E-state index contributed by atoms with van der Waals surface area (Å²) in [4.78, 5) is 28.4. The number of hydrogen-bond donors (Lipinski definition) is 1. The zero-order valence-corrected chi connectivity index (χ0v) is 24.4. The third-order valence-electron chi connectivity index (χ3n) is 6.54. The molecule has 2 amide bonds. The van der Waals surface area contributed by atoms with Gasteiger partial charge in [0.15, 0.2) is 0 Å². The van der Waals surface area contributed by atoms with E-state index in [1.54, 1.807) is 38.1 Å². The number of unbranched alkanes of at least 4 members (excludes halogenated alkanes) is 1. The van der Waals surface area contributed by atoms with Gasteiger partial charge in [0.1, 0.15) is 12.6 Å². The highest BCUT2D eigenvalue weighted by atomic mass is 35.5. The summed E-state index contributed by atoms with van der Waals surface area (Å²) in [6, 6.07) is 19.7. The molecule has 1 atom stereocenters. The van der Waals surface area contributed by atoms with Gasteiger partial charge in [-0.1, -0.05) is 73.0 Å². The van der Waals surface area contributed by atoms with Gasteiger partial charge in [0.25, 0.3) is 10.0 Å². The molecule has 208 valence electrons. The van der Waals surface area contributed by atoms with Crippen molar-refractivity contribution in [2.45, 2.75) is 58.0 Å². The minimum Gasteiger partial charge on any atom is -0.354 e. The smallest absolute Gasteiger partial charge is 0.264 e. The zero-order chi connectivity index (χ0) is 28.6. The number of nitrogens with one attached hydrogen (secondary N) is 1. The van der Waals surface area contributed by atoms with Gasteiger partial charge >= 0.3 is 0 Å². The molecule has 0 bridgehead atoms. The number of sulfonamides is 1. The maximum atomic E-state index is 13.9. The molecule has 0 saturated heterocycles. The number of carbonyl (C=O) groups is 2. The van der Waals surface area contributed by atoms with Crippen LogP contribution in [0.25, 0.3) is 0 Å². The fourth-order valence-corrected chi connectivity index (χ4v) is 5.70. The van der Waals surface area contributed by atoms with E-state index >= 15 is 0 Å². The Bertz CT molecular complexity index is 1380. The number of rotatable bonds is 12. The normalized spacial score (nSPS) is 12.0. The molecule has 1 unspecified atom stereocenters. The van der Waals surface area contributed by atoms with E-state index in [-0.39, 0.29) is 17.3 Å². The van der Waals surface area contributed by atoms with E-state index in [0.29, 0.717) is 22.8 Å². The summed E-state index contributed by atoms with van der Waals surface area (Å²) in [5.41, 5.74) is 2.99. The van der Waals surface area contributed by atoms with Gasteiger partial charge < -0.3 is 10.2 Å². The monoisotopic (exact) mass is 569 g/mol. The van der Waals surface area contributed by atoms with Crippen LogP contribution in [0.15, 0.2) is 77.7 Å². The lowest BCUT2D eigenvalue weighted by Crippen LogP contribution is -2.51. The second-order valence-electron chi connectivity index (χ2n) is 9.58. The van der Waals surface area contributed by atoms with Crippen LogP contribution in [-0.4, -0.2) is 44.3 Å². The maximum absolute atomic E-state index is 13.9. The summed E-state index contributed by atoms with van der Waals surface area (Å²) in [7, 11) is -4.14. The first-order valence-electron chi connectivity index (χ1n) is 13.0. The highest BCUT2D eigenvalue weighted by Gasteiger charge is 2.33. The first-order valence-corrected chi connectivity index (χ1v) is 14.8. The molecule has 7 nitrogen and oxygen atoms in total. The van der Waals surface area contributed by atoms with Crippen LogP contribution in [0.5, 0.6) is 0 Å². The van der Waals surface area contributed by atoms with Gasteiger partial charge in [-0.3, -0.25) is 13.9 Å². The van der Waals surface area contributed by atoms with E-state index in [2.05, 4.69) is 5.32 Å². The van der Waals surface area contributed by atoms with Crippen molar-refractivity contribution in [1.29, 1.82) is 0 Å². The molecule has 0 aliphatic carbocycles. The Morgan fingerprint density at radius 1 is 0.949 bits per heavy atom. The lowest BCUT2D eigenvalue weighted by molar-refractivity contribution is -0.139. The summed E-state index contributed by atoms with van der Waals surface area (Å²) >= 11 is 6.00. The van der Waals surface area contributed by atoms with Crippen LogP contribution in [0.1, 0.15) is 43.4 Å². The number of anilines is 1. The Kier molecular flexibility index (Phi) is 10.5. The van der Waals surface area contributed by atoms with Gasteiger partial charge in [-0.05, 0) is 68.7 Å². The second kappa shape index (κ2) is 13.6. The van der Waals surface area contributed by atoms with Crippen molar-refractivity contribution in [2.24, 2.45) is 0 Å². The second-order valence-corrected chi connectivity index (χ2v) is 11.9. The Labute approximate surface area is 236 Å². The number of nitrogens with zero attached hydrogens (tertiary/aromatic N) is 2. The predicted molar refractivity (Wildman–Crippen MR) is 156 cm³/mol. The van der Waals surface area contributed by atoms with E-state index in [0.717, 1.165) is 28.3 Å². The number of aryl methyl sites for hydroxylation is 2. The van der Waals surface area contributed by atoms with Crippen molar-refractivity contribution in [3.05, 3.63) is 94.5 Å². The topological polar surface area (TPSA) is 86.8 Å². The standard InChI is InChI=1S/C30H36ClN3O4S/c1-5-6-19-32-30(36)24(4)33(20-25-13-11-22(2)12-14-25)29(35)21-34(28-10-8-7-9-23(28)3)39(37,38)27-17-15-26(31)16-18-27/h7-18,24H,5-6,19-21H2,1-4H3,(H,32,36). The highest BCUT2D eigenvalue weighted by molar-refractivity contribution is 7.92. The fraction of sp³-hybridized carbons (Fsp3) is 0.333. The molecule has 9 heteroatoms. The molecular weight excluding hydrogens is 534 g/mol. The van der Waals surface area contributed by atoms with Gasteiger partial charge in [0.2, 0.25) is 11.8 Å².